The SMILES string of the molecule is O=C1OCc2ccccc2N1C1CCN(S(=O)(=O)c2ccc3c(c2)CCO3)CC1. The number of nitrogens with zero attached hydrogens (tertiary/aromatic N) is 2. The second-order valence-corrected chi connectivity index (χ2v) is 9.49. The van der Waals surface area contributed by atoms with Gasteiger partial charge in [0.15, 0.2) is 0 Å². The highest BCUT2D eigenvalue weighted by Gasteiger charge is 2.37. The standard InChI is InChI=1S/C21H22N2O5S/c24-21-23(19-4-2-1-3-16(19)14-28-21)17-7-10-22(11-8-17)29(25,26)18-5-6-20-15(13-18)9-12-27-20/h1-6,13,17H,7-12,14H2. The first-order valence-electron chi connectivity index (χ1n) is 9.84. The Morgan fingerprint density at radius 1 is 0.966 bits per heavy atom. The number of carbonyl (C=O) groups is 1. The van der Waals surface area contributed by atoms with Crippen LogP contribution in [0.15, 0.2) is 47.4 Å². The molecule has 1 amide bonds. The van der Waals surface area contributed by atoms with E-state index in [1.54, 1.807) is 23.1 Å². The van der Waals surface area contributed by atoms with Gasteiger partial charge in [0.25, 0.3) is 0 Å². The fourth-order valence-corrected chi connectivity index (χ4v) is 5.86. The Balaban J connectivity index is 1.34. The summed E-state index contributed by atoms with van der Waals surface area (Å²) in [6, 6.07) is 12.7. The van der Waals surface area contributed by atoms with Crippen molar-refractivity contribution in [3.05, 3.63) is 53.6 Å². The number of sulfonamides is 1. The number of fused-ring (bicyclic) bond motifs is 2. The molecule has 3 heterocycles. The van der Waals surface area contributed by atoms with Crippen molar-refractivity contribution in [2.45, 2.75) is 36.8 Å². The molecule has 0 aliphatic carbocycles. The molecular weight excluding hydrogens is 392 g/mol. The van der Waals surface area contributed by atoms with Crippen LogP contribution in [0.5, 0.6) is 5.75 Å². The van der Waals surface area contributed by atoms with Crippen molar-refractivity contribution < 1.29 is 22.7 Å². The fourth-order valence-electron chi connectivity index (χ4n) is 4.33. The first-order valence-corrected chi connectivity index (χ1v) is 11.3. The van der Waals surface area contributed by atoms with Crippen LogP contribution in [0, 0.1) is 0 Å². The Bertz CT molecular complexity index is 1060. The molecule has 5 rings (SSSR count). The minimum atomic E-state index is -3.57. The van der Waals surface area contributed by atoms with Gasteiger partial charge in [0.05, 0.1) is 17.2 Å². The van der Waals surface area contributed by atoms with Crippen LogP contribution in [0.2, 0.25) is 0 Å². The molecule has 1 fully saturated rings. The number of benzene rings is 2. The Kier molecular flexibility index (Phi) is 4.48. The van der Waals surface area contributed by atoms with E-state index in [4.69, 9.17) is 9.47 Å². The number of hydrogen-bond acceptors (Lipinski definition) is 5. The maximum atomic E-state index is 13.1. The van der Waals surface area contributed by atoms with Gasteiger partial charge in [-0.25, -0.2) is 13.2 Å². The number of piperidine rings is 1. The molecule has 2 aromatic rings. The summed E-state index contributed by atoms with van der Waals surface area (Å²) in [5.74, 6) is 0.768. The monoisotopic (exact) mass is 414 g/mol. The van der Waals surface area contributed by atoms with Gasteiger partial charge in [0.2, 0.25) is 10.0 Å². The third-order valence-electron chi connectivity index (χ3n) is 5.89. The van der Waals surface area contributed by atoms with Gasteiger partial charge in [-0.1, -0.05) is 18.2 Å². The molecule has 8 heteroatoms. The van der Waals surface area contributed by atoms with Gasteiger partial charge in [0, 0.05) is 31.1 Å². The molecule has 0 spiro atoms. The van der Waals surface area contributed by atoms with E-state index in [9.17, 15) is 13.2 Å². The van der Waals surface area contributed by atoms with E-state index in [1.165, 1.54) is 4.31 Å². The van der Waals surface area contributed by atoms with E-state index in [2.05, 4.69) is 0 Å². The zero-order chi connectivity index (χ0) is 20.0. The summed E-state index contributed by atoms with van der Waals surface area (Å²) in [5, 5.41) is 0. The minimum Gasteiger partial charge on any atom is -0.493 e. The van der Waals surface area contributed by atoms with Crippen molar-refractivity contribution >= 4 is 21.8 Å². The van der Waals surface area contributed by atoms with Crippen LogP contribution in [0.3, 0.4) is 0 Å². The van der Waals surface area contributed by atoms with E-state index in [0.717, 1.165) is 29.0 Å². The molecule has 0 bridgehead atoms. The number of ether oxygens (including phenoxy) is 2. The third kappa shape index (κ3) is 3.16. The van der Waals surface area contributed by atoms with Crippen molar-refractivity contribution in [2.75, 3.05) is 24.6 Å². The van der Waals surface area contributed by atoms with Gasteiger partial charge in [-0.15, -0.1) is 0 Å². The van der Waals surface area contributed by atoms with Crippen molar-refractivity contribution in [1.29, 1.82) is 0 Å². The third-order valence-corrected chi connectivity index (χ3v) is 7.78. The number of cyclic esters (lactones) is 1. The van der Waals surface area contributed by atoms with Crippen LogP contribution in [-0.4, -0.2) is 44.6 Å². The molecule has 0 saturated carbocycles. The Morgan fingerprint density at radius 2 is 1.76 bits per heavy atom. The Labute approximate surface area is 169 Å². The highest BCUT2D eigenvalue weighted by atomic mass is 32.2. The molecule has 29 heavy (non-hydrogen) atoms. The normalized spacial score (nSPS) is 20.0. The van der Waals surface area contributed by atoms with Crippen LogP contribution in [0.4, 0.5) is 10.5 Å². The predicted octanol–water partition coefficient (Wildman–Crippen LogP) is 2.93. The van der Waals surface area contributed by atoms with Crippen LogP contribution in [-0.2, 0) is 27.8 Å². The van der Waals surface area contributed by atoms with E-state index in [1.807, 2.05) is 24.3 Å². The van der Waals surface area contributed by atoms with Gasteiger partial charge in [-0.2, -0.15) is 4.31 Å². The molecule has 0 unspecified atom stereocenters. The zero-order valence-corrected chi connectivity index (χ0v) is 16.7. The number of hydrogen-bond donors (Lipinski definition) is 0. The number of amides is 1. The predicted molar refractivity (Wildman–Crippen MR) is 107 cm³/mol. The lowest BCUT2D eigenvalue weighted by atomic mass is 10.0. The molecule has 0 atom stereocenters. The van der Waals surface area contributed by atoms with Gasteiger partial charge in [-0.05, 0) is 42.7 Å². The smallest absolute Gasteiger partial charge is 0.414 e. The zero-order valence-electron chi connectivity index (χ0n) is 15.9. The number of carbonyl (C=O) groups excluding carboxylic acids is 1. The number of para-hydroxylation sites is 1. The van der Waals surface area contributed by atoms with E-state index in [-0.39, 0.29) is 18.7 Å². The first kappa shape index (κ1) is 18.4. The summed E-state index contributed by atoms with van der Waals surface area (Å²) in [7, 11) is -3.57. The lowest BCUT2D eigenvalue weighted by Crippen LogP contribution is -2.50. The summed E-state index contributed by atoms with van der Waals surface area (Å²) in [5.41, 5.74) is 2.78. The second-order valence-electron chi connectivity index (χ2n) is 7.56. The quantitative estimate of drug-likeness (QED) is 0.772. The molecule has 7 nitrogen and oxygen atoms in total. The molecule has 2 aromatic carbocycles. The maximum absolute atomic E-state index is 13.1. The topological polar surface area (TPSA) is 76.2 Å². The van der Waals surface area contributed by atoms with Crippen LogP contribution in [0.25, 0.3) is 0 Å². The average molecular weight is 414 g/mol. The van der Waals surface area contributed by atoms with Crippen LogP contribution in [0.1, 0.15) is 24.0 Å². The molecule has 3 aliphatic rings. The number of rotatable bonds is 3. The summed E-state index contributed by atoms with van der Waals surface area (Å²) >= 11 is 0. The van der Waals surface area contributed by atoms with Crippen LogP contribution < -0.4 is 9.64 Å². The average Bonchev–Trinajstić information content (AvgIpc) is 3.22. The Morgan fingerprint density at radius 3 is 2.59 bits per heavy atom. The van der Waals surface area contributed by atoms with Gasteiger partial charge in [0.1, 0.15) is 12.4 Å². The van der Waals surface area contributed by atoms with E-state index < -0.39 is 10.0 Å². The minimum absolute atomic E-state index is 0.0798. The molecule has 1 saturated heterocycles. The van der Waals surface area contributed by atoms with Gasteiger partial charge >= 0.3 is 6.09 Å². The molecule has 0 radical (unpaired) electrons. The Hall–Kier alpha value is -2.58. The van der Waals surface area contributed by atoms with Gasteiger partial charge in [-0.3, -0.25) is 4.90 Å². The number of anilines is 1. The van der Waals surface area contributed by atoms with Crippen molar-refractivity contribution in [2.24, 2.45) is 0 Å². The fraction of sp³-hybridized carbons (Fsp3) is 0.381. The van der Waals surface area contributed by atoms with Crippen molar-refractivity contribution in [3.8, 4) is 5.75 Å². The summed E-state index contributed by atoms with van der Waals surface area (Å²) in [6.45, 7) is 1.61. The highest BCUT2D eigenvalue weighted by Crippen LogP contribution is 2.34. The molecule has 0 aromatic heterocycles. The van der Waals surface area contributed by atoms with Gasteiger partial charge < -0.3 is 9.47 Å². The maximum Gasteiger partial charge on any atom is 0.414 e. The summed E-state index contributed by atoms with van der Waals surface area (Å²) in [4.78, 5) is 14.4. The molecule has 152 valence electrons. The van der Waals surface area contributed by atoms with E-state index in [0.29, 0.717) is 37.4 Å². The van der Waals surface area contributed by atoms with Crippen molar-refractivity contribution in [1.82, 2.24) is 4.31 Å². The lowest BCUT2D eigenvalue weighted by molar-refractivity contribution is 0.136. The van der Waals surface area contributed by atoms with Crippen molar-refractivity contribution in [3.63, 3.8) is 0 Å². The van der Waals surface area contributed by atoms with Crippen LogP contribution >= 0.6 is 0 Å². The van der Waals surface area contributed by atoms with E-state index >= 15 is 0 Å². The highest BCUT2D eigenvalue weighted by molar-refractivity contribution is 7.89. The molecule has 3 aliphatic heterocycles. The first-order chi connectivity index (χ1) is 14.0. The molecule has 0 N–H and O–H groups in total. The lowest BCUT2D eigenvalue weighted by Gasteiger charge is -2.39. The summed E-state index contributed by atoms with van der Waals surface area (Å²) < 4.78 is 38.5. The second kappa shape index (κ2) is 7.03. The summed E-state index contributed by atoms with van der Waals surface area (Å²) in [6.07, 6.45) is 1.51. The largest absolute Gasteiger partial charge is 0.493 e. The molecular formula is C21H22N2O5S.